The molecule has 0 unspecified atom stereocenters. The van der Waals surface area contributed by atoms with Crippen LogP contribution in [0.4, 0.5) is 5.82 Å². The molecule has 0 aliphatic carbocycles. The van der Waals surface area contributed by atoms with E-state index in [0.717, 1.165) is 44.1 Å². The second kappa shape index (κ2) is 6.64. The molecule has 6 nitrogen and oxygen atoms in total. The summed E-state index contributed by atoms with van der Waals surface area (Å²) in [6.07, 6.45) is 0. The van der Waals surface area contributed by atoms with Crippen LogP contribution in [-0.4, -0.2) is 54.0 Å². The third-order valence-electron chi connectivity index (χ3n) is 3.80. The smallest absolute Gasteiger partial charge is 0.166 e. The Labute approximate surface area is 119 Å². The largest absolute Gasteiger partial charge is 0.379 e. The number of anilines is 1. The van der Waals surface area contributed by atoms with Crippen LogP contribution in [0.25, 0.3) is 0 Å². The van der Waals surface area contributed by atoms with Gasteiger partial charge in [-0.3, -0.25) is 4.90 Å². The van der Waals surface area contributed by atoms with E-state index >= 15 is 0 Å². The Balaban J connectivity index is 2.00. The van der Waals surface area contributed by atoms with Gasteiger partial charge in [0.15, 0.2) is 5.82 Å². The predicted octanol–water partition coefficient (Wildman–Crippen LogP) is 1.10. The molecule has 1 aromatic rings. The van der Waals surface area contributed by atoms with Crippen molar-refractivity contribution < 1.29 is 4.74 Å². The first-order valence-electron chi connectivity index (χ1n) is 6.93. The van der Waals surface area contributed by atoms with Crippen LogP contribution in [0.1, 0.15) is 23.7 Å². The number of morpholine rings is 1. The van der Waals surface area contributed by atoms with Crippen LogP contribution in [0.3, 0.4) is 0 Å². The molecular formula is C14H21N5O. The number of nitriles is 1. The first kappa shape index (κ1) is 14.7. The Bertz CT molecular complexity index is 505. The SMILES string of the molecule is Cc1nnc(NC[C@@H](C)N2CCOCC2)c(C#N)c1C. The fourth-order valence-corrected chi connectivity index (χ4v) is 2.26. The van der Waals surface area contributed by atoms with Gasteiger partial charge in [-0.2, -0.15) is 10.4 Å². The molecule has 0 spiro atoms. The first-order valence-corrected chi connectivity index (χ1v) is 6.93. The summed E-state index contributed by atoms with van der Waals surface area (Å²) < 4.78 is 5.35. The second-order valence-electron chi connectivity index (χ2n) is 5.12. The van der Waals surface area contributed by atoms with Crippen LogP contribution in [0.5, 0.6) is 0 Å². The Kier molecular flexibility index (Phi) is 4.88. The average molecular weight is 275 g/mol. The maximum atomic E-state index is 9.25. The zero-order valence-corrected chi connectivity index (χ0v) is 12.3. The highest BCUT2D eigenvalue weighted by atomic mass is 16.5. The summed E-state index contributed by atoms with van der Waals surface area (Å²) in [5, 5.41) is 20.7. The lowest BCUT2D eigenvalue weighted by Crippen LogP contribution is -2.45. The fraction of sp³-hybridized carbons (Fsp3) is 0.643. The van der Waals surface area contributed by atoms with E-state index < -0.39 is 0 Å². The summed E-state index contributed by atoms with van der Waals surface area (Å²) in [4.78, 5) is 2.37. The third kappa shape index (κ3) is 3.24. The molecule has 2 rings (SSSR count). The van der Waals surface area contributed by atoms with Crippen LogP contribution in [0.2, 0.25) is 0 Å². The molecule has 1 atom stereocenters. The van der Waals surface area contributed by atoms with Gasteiger partial charge in [0.25, 0.3) is 0 Å². The maximum absolute atomic E-state index is 9.25. The molecule has 2 heterocycles. The van der Waals surface area contributed by atoms with Crippen molar-refractivity contribution in [2.45, 2.75) is 26.8 Å². The zero-order chi connectivity index (χ0) is 14.5. The topological polar surface area (TPSA) is 74.1 Å². The molecule has 0 bridgehead atoms. The molecule has 0 radical (unpaired) electrons. The van der Waals surface area contributed by atoms with Gasteiger partial charge in [0.05, 0.1) is 18.9 Å². The molecule has 20 heavy (non-hydrogen) atoms. The van der Waals surface area contributed by atoms with Gasteiger partial charge in [0, 0.05) is 25.7 Å². The molecule has 6 heteroatoms. The van der Waals surface area contributed by atoms with Gasteiger partial charge in [0.2, 0.25) is 0 Å². The highest BCUT2D eigenvalue weighted by Gasteiger charge is 2.18. The van der Waals surface area contributed by atoms with Crippen molar-refractivity contribution in [3.8, 4) is 6.07 Å². The molecule has 1 fully saturated rings. The zero-order valence-electron chi connectivity index (χ0n) is 12.3. The van der Waals surface area contributed by atoms with Crippen molar-refractivity contribution in [3.05, 3.63) is 16.8 Å². The van der Waals surface area contributed by atoms with Crippen molar-refractivity contribution in [1.82, 2.24) is 15.1 Å². The normalized spacial score (nSPS) is 17.5. The number of rotatable bonds is 4. The molecule has 0 amide bonds. The number of aryl methyl sites for hydroxylation is 1. The van der Waals surface area contributed by atoms with Gasteiger partial charge in [-0.05, 0) is 26.3 Å². The second-order valence-corrected chi connectivity index (χ2v) is 5.12. The summed E-state index contributed by atoms with van der Waals surface area (Å²) in [5.74, 6) is 0.579. The molecule has 0 aromatic carbocycles. The van der Waals surface area contributed by atoms with E-state index in [1.807, 2.05) is 13.8 Å². The fourth-order valence-electron chi connectivity index (χ4n) is 2.26. The van der Waals surface area contributed by atoms with E-state index in [2.05, 4.69) is 33.4 Å². The quantitative estimate of drug-likeness (QED) is 0.887. The molecule has 108 valence electrons. The van der Waals surface area contributed by atoms with E-state index in [4.69, 9.17) is 4.74 Å². The van der Waals surface area contributed by atoms with Crippen LogP contribution in [0, 0.1) is 25.2 Å². The Hall–Kier alpha value is -1.71. The lowest BCUT2D eigenvalue weighted by atomic mass is 10.1. The van der Waals surface area contributed by atoms with Gasteiger partial charge in [-0.15, -0.1) is 5.10 Å². The monoisotopic (exact) mass is 275 g/mol. The molecular weight excluding hydrogens is 254 g/mol. The van der Waals surface area contributed by atoms with Crippen LogP contribution in [0.15, 0.2) is 0 Å². The van der Waals surface area contributed by atoms with E-state index in [0.29, 0.717) is 17.4 Å². The minimum absolute atomic E-state index is 0.369. The lowest BCUT2D eigenvalue weighted by Gasteiger charge is -2.32. The molecule has 1 N–H and O–H groups in total. The Morgan fingerprint density at radius 3 is 2.70 bits per heavy atom. The molecule has 1 aromatic heterocycles. The number of ether oxygens (including phenoxy) is 1. The lowest BCUT2D eigenvalue weighted by molar-refractivity contribution is 0.0227. The first-order chi connectivity index (χ1) is 9.63. The van der Waals surface area contributed by atoms with Crippen molar-refractivity contribution >= 4 is 5.82 Å². The number of aromatic nitrogens is 2. The minimum atomic E-state index is 0.369. The number of nitrogens with one attached hydrogen (secondary N) is 1. The molecule has 1 saturated heterocycles. The number of hydrogen-bond acceptors (Lipinski definition) is 6. The van der Waals surface area contributed by atoms with Crippen LogP contribution >= 0.6 is 0 Å². The van der Waals surface area contributed by atoms with Gasteiger partial charge >= 0.3 is 0 Å². The Morgan fingerprint density at radius 1 is 1.35 bits per heavy atom. The highest BCUT2D eigenvalue weighted by molar-refractivity contribution is 5.55. The minimum Gasteiger partial charge on any atom is -0.379 e. The van der Waals surface area contributed by atoms with Crippen molar-refractivity contribution in [2.24, 2.45) is 0 Å². The summed E-state index contributed by atoms with van der Waals surface area (Å²) >= 11 is 0. The average Bonchev–Trinajstić information content (AvgIpc) is 2.49. The van der Waals surface area contributed by atoms with Gasteiger partial charge in [0.1, 0.15) is 11.6 Å². The summed E-state index contributed by atoms with van der Waals surface area (Å²) in [6.45, 7) is 10.2. The van der Waals surface area contributed by atoms with E-state index in [1.54, 1.807) is 0 Å². The van der Waals surface area contributed by atoms with E-state index in [1.165, 1.54) is 0 Å². The van der Waals surface area contributed by atoms with E-state index in [-0.39, 0.29) is 0 Å². The number of nitrogens with zero attached hydrogens (tertiary/aromatic N) is 4. The van der Waals surface area contributed by atoms with Crippen molar-refractivity contribution in [2.75, 3.05) is 38.2 Å². The standard InChI is InChI=1S/C14H21N5O/c1-10(19-4-6-20-7-5-19)9-16-14-13(8-15)11(2)12(3)17-18-14/h10H,4-7,9H2,1-3H3,(H,16,18)/t10-/m1/s1. The summed E-state index contributed by atoms with van der Waals surface area (Å²) in [7, 11) is 0. The predicted molar refractivity (Wildman–Crippen MR) is 76.6 cm³/mol. The van der Waals surface area contributed by atoms with E-state index in [9.17, 15) is 5.26 Å². The van der Waals surface area contributed by atoms with Gasteiger partial charge < -0.3 is 10.1 Å². The van der Waals surface area contributed by atoms with Crippen molar-refractivity contribution in [3.63, 3.8) is 0 Å². The third-order valence-corrected chi connectivity index (χ3v) is 3.80. The molecule has 1 aliphatic heterocycles. The van der Waals surface area contributed by atoms with Crippen LogP contribution < -0.4 is 5.32 Å². The van der Waals surface area contributed by atoms with Crippen LogP contribution in [-0.2, 0) is 4.74 Å². The maximum Gasteiger partial charge on any atom is 0.166 e. The molecule has 0 saturated carbocycles. The van der Waals surface area contributed by atoms with Gasteiger partial charge in [-0.25, -0.2) is 0 Å². The summed E-state index contributed by atoms with van der Waals surface area (Å²) in [5.41, 5.74) is 2.28. The number of hydrogen-bond donors (Lipinski definition) is 1. The highest BCUT2D eigenvalue weighted by Crippen LogP contribution is 2.17. The van der Waals surface area contributed by atoms with Crippen molar-refractivity contribution in [1.29, 1.82) is 5.26 Å². The summed E-state index contributed by atoms with van der Waals surface area (Å²) in [6, 6.07) is 2.58. The molecule has 1 aliphatic rings. The Morgan fingerprint density at radius 2 is 2.05 bits per heavy atom. The van der Waals surface area contributed by atoms with Gasteiger partial charge in [-0.1, -0.05) is 0 Å².